The molecule has 0 atom stereocenters. The van der Waals surface area contributed by atoms with Crippen molar-refractivity contribution in [3.8, 4) is 0 Å². The number of benzene rings is 2. The van der Waals surface area contributed by atoms with Crippen molar-refractivity contribution in [2.45, 2.75) is 19.5 Å². The molecule has 9 heteroatoms. The van der Waals surface area contributed by atoms with Gasteiger partial charge >= 0.3 is 12.2 Å². The van der Waals surface area contributed by atoms with Crippen molar-refractivity contribution in [1.29, 1.82) is 0 Å². The molecular formula is C18H15ClF3N3O2. The van der Waals surface area contributed by atoms with Crippen LogP contribution in [0.15, 0.2) is 36.4 Å². The van der Waals surface area contributed by atoms with E-state index in [1.165, 1.54) is 13.0 Å². The number of nitrogens with one attached hydrogen (secondary N) is 2. The Hall–Kier alpha value is -2.74. The summed E-state index contributed by atoms with van der Waals surface area (Å²) in [5.74, 6) is -0.0598. The number of fused-ring (bicyclic) bond motifs is 1. The number of nitrogens with zero attached hydrogens (tertiary/aromatic N) is 1. The number of rotatable bonds is 2. The highest BCUT2D eigenvalue weighted by Crippen LogP contribution is 2.36. The second-order valence-corrected chi connectivity index (χ2v) is 6.44. The van der Waals surface area contributed by atoms with Gasteiger partial charge in [0.25, 0.3) is 0 Å². The van der Waals surface area contributed by atoms with Crippen LogP contribution in [0.5, 0.6) is 0 Å². The molecule has 3 rings (SSSR count). The predicted octanol–water partition coefficient (Wildman–Crippen LogP) is 4.91. The Morgan fingerprint density at radius 2 is 1.70 bits per heavy atom. The Kier molecular flexibility index (Phi) is 5.01. The van der Waals surface area contributed by atoms with E-state index in [4.69, 9.17) is 11.6 Å². The molecule has 0 spiro atoms. The van der Waals surface area contributed by atoms with Gasteiger partial charge in [0.1, 0.15) is 0 Å². The first-order valence-electron chi connectivity index (χ1n) is 8.01. The van der Waals surface area contributed by atoms with Gasteiger partial charge in [-0.3, -0.25) is 4.79 Å². The summed E-state index contributed by atoms with van der Waals surface area (Å²) >= 11 is 5.56. The Bertz CT molecular complexity index is 915. The molecule has 0 unspecified atom stereocenters. The third-order valence-corrected chi connectivity index (χ3v) is 4.47. The fourth-order valence-electron chi connectivity index (χ4n) is 2.92. The van der Waals surface area contributed by atoms with Crippen molar-refractivity contribution in [1.82, 2.24) is 0 Å². The zero-order chi connectivity index (χ0) is 19.8. The molecule has 1 heterocycles. The number of hydrogen-bond acceptors (Lipinski definition) is 2. The summed E-state index contributed by atoms with van der Waals surface area (Å²) in [5.41, 5.74) is 1.12. The quantitative estimate of drug-likeness (QED) is 0.756. The van der Waals surface area contributed by atoms with Gasteiger partial charge in [-0.25, -0.2) is 4.79 Å². The number of carbonyl (C=O) groups is 2. The first-order valence-corrected chi connectivity index (χ1v) is 8.39. The first kappa shape index (κ1) is 19.0. The molecule has 2 aromatic rings. The van der Waals surface area contributed by atoms with Crippen molar-refractivity contribution in [3.05, 3.63) is 52.5 Å². The Labute approximate surface area is 158 Å². The fourth-order valence-corrected chi connectivity index (χ4v) is 3.15. The molecule has 2 aromatic carbocycles. The molecular weight excluding hydrogens is 383 g/mol. The topological polar surface area (TPSA) is 61.4 Å². The maximum atomic E-state index is 12.9. The molecule has 27 heavy (non-hydrogen) atoms. The average molecular weight is 398 g/mol. The molecule has 2 N–H and O–H groups in total. The van der Waals surface area contributed by atoms with Crippen molar-refractivity contribution in [3.63, 3.8) is 0 Å². The van der Waals surface area contributed by atoms with Crippen LogP contribution in [0.25, 0.3) is 0 Å². The molecule has 3 amide bonds. The molecule has 0 aliphatic carbocycles. The van der Waals surface area contributed by atoms with E-state index in [0.29, 0.717) is 18.7 Å². The lowest BCUT2D eigenvalue weighted by Crippen LogP contribution is -2.25. The average Bonchev–Trinajstić information content (AvgIpc) is 2.99. The van der Waals surface area contributed by atoms with Crippen LogP contribution >= 0.6 is 11.6 Å². The highest BCUT2D eigenvalue weighted by Gasteiger charge is 2.33. The second kappa shape index (κ2) is 7.11. The number of alkyl halides is 3. The standard InChI is InChI=1S/C18H15ClF3N3O2/c1-10(26)25-7-6-11-8-12(3-5-16(11)25)23-17(27)24-13-2-4-15(19)14(9-13)18(20,21)22/h2-5,8-9H,6-7H2,1H3,(H2,23,24,27). The molecule has 142 valence electrons. The second-order valence-electron chi connectivity index (χ2n) is 6.04. The lowest BCUT2D eigenvalue weighted by molar-refractivity contribution is -0.137. The van der Waals surface area contributed by atoms with Crippen LogP contribution in [0.4, 0.5) is 35.0 Å². The van der Waals surface area contributed by atoms with Crippen LogP contribution in [0, 0.1) is 0 Å². The fraction of sp³-hybridized carbons (Fsp3) is 0.222. The minimum Gasteiger partial charge on any atom is -0.312 e. The van der Waals surface area contributed by atoms with Gasteiger partial charge in [0, 0.05) is 30.5 Å². The number of urea groups is 1. The minimum absolute atomic E-state index is 0.0341. The Morgan fingerprint density at radius 3 is 2.33 bits per heavy atom. The summed E-state index contributed by atoms with van der Waals surface area (Å²) in [6.45, 7) is 2.06. The van der Waals surface area contributed by atoms with Crippen molar-refractivity contribution < 1.29 is 22.8 Å². The third kappa shape index (κ3) is 4.16. The molecule has 0 bridgehead atoms. The molecule has 1 aliphatic heterocycles. The number of carbonyl (C=O) groups excluding carboxylic acids is 2. The SMILES string of the molecule is CC(=O)N1CCc2cc(NC(=O)Nc3ccc(Cl)c(C(F)(F)F)c3)ccc21. The van der Waals surface area contributed by atoms with Crippen LogP contribution in [-0.2, 0) is 17.4 Å². The Morgan fingerprint density at radius 1 is 1.07 bits per heavy atom. The van der Waals surface area contributed by atoms with Gasteiger partial charge in [0.2, 0.25) is 5.91 Å². The van der Waals surface area contributed by atoms with Crippen LogP contribution in [0.2, 0.25) is 5.02 Å². The smallest absolute Gasteiger partial charge is 0.312 e. The number of hydrogen-bond donors (Lipinski definition) is 2. The van der Waals surface area contributed by atoms with Crippen LogP contribution < -0.4 is 15.5 Å². The lowest BCUT2D eigenvalue weighted by Gasteiger charge is -2.15. The lowest BCUT2D eigenvalue weighted by atomic mass is 10.1. The molecule has 0 aromatic heterocycles. The van der Waals surface area contributed by atoms with E-state index in [9.17, 15) is 22.8 Å². The van der Waals surface area contributed by atoms with E-state index in [-0.39, 0.29) is 11.6 Å². The number of halogens is 4. The van der Waals surface area contributed by atoms with Crippen LogP contribution in [0.3, 0.4) is 0 Å². The van der Waals surface area contributed by atoms with E-state index in [0.717, 1.165) is 23.4 Å². The summed E-state index contributed by atoms with van der Waals surface area (Å²) in [7, 11) is 0. The first-order chi connectivity index (χ1) is 12.6. The van der Waals surface area contributed by atoms with Crippen molar-refractivity contribution in [2.24, 2.45) is 0 Å². The summed E-state index contributed by atoms with van der Waals surface area (Å²) in [4.78, 5) is 25.3. The van der Waals surface area contributed by atoms with E-state index in [1.807, 2.05) is 0 Å². The van der Waals surface area contributed by atoms with E-state index in [2.05, 4.69) is 10.6 Å². The van der Waals surface area contributed by atoms with Gasteiger partial charge in [-0.2, -0.15) is 13.2 Å². The molecule has 0 saturated carbocycles. The normalized spacial score (nSPS) is 13.3. The monoisotopic (exact) mass is 397 g/mol. The molecule has 0 saturated heterocycles. The zero-order valence-electron chi connectivity index (χ0n) is 14.2. The van der Waals surface area contributed by atoms with E-state index in [1.54, 1.807) is 23.1 Å². The minimum atomic E-state index is -4.62. The summed E-state index contributed by atoms with van der Waals surface area (Å²) in [6, 6.07) is 7.53. The molecule has 5 nitrogen and oxygen atoms in total. The van der Waals surface area contributed by atoms with E-state index >= 15 is 0 Å². The molecule has 1 aliphatic rings. The van der Waals surface area contributed by atoms with E-state index < -0.39 is 22.8 Å². The van der Waals surface area contributed by atoms with Gasteiger partial charge in [-0.05, 0) is 48.4 Å². The summed E-state index contributed by atoms with van der Waals surface area (Å²) in [6.07, 6.45) is -3.95. The van der Waals surface area contributed by atoms with Crippen LogP contribution in [-0.4, -0.2) is 18.5 Å². The van der Waals surface area contributed by atoms with Crippen molar-refractivity contribution >= 4 is 40.6 Å². The van der Waals surface area contributed by atoms with Crippen molar-refractivity contribution in [2.75, 3.05) is 22.1 Å². The van der Waals surface area contributed by atoms with Gasteiger partial charge in [-0.1, -0.05) is 11.6 Å². The maximum Gasteiger partial charge on any atom is 0.417 e. The molecule has 0 fully saturated rings. The predicted molar refractivity (Wildman–Crippen MR) is 97.3 cm³/mol. The maximum absolute atomic E-state index is 12.9. The van der Waals surface area contributed by atoms with Gasteiger partial charge in [-0.15, -0.1) is 0 Å². The number of anilines is 3. The Balaban J connectivity index is 1.71. The highest BCUT2D eigenvalue weighted by molar-refractivity contribution is 6.31. The highest BCUT2D eigenvalue weighted by atomic mass is 35.5. The number of amides is 3. The van der Waals surface area contributed by atoms with Crippen LogP contribution in [0.1, 0.15) is 18.1 Å². The van der Waals surface area contributed by atoms with Gasteiger partial charge < -0.3 is 15.5 Å². The molecule has 0 radical (unpaired) electrons. The van der Waals surface area contributed by atoms with Gasteiger partial charge in [0.05, 0.1) is 10.6 Å². The van der Waals surface area contributed by atoms with Gasteiger partial charge in [0.15, 0.2) is 0 Å². The zero-order valence-corrected chi connectivity index (χ0v) is 14.9. The summed E-state index contributed by atoms with van der Waals surface area (Å²) in [5, 5.41) is 4.48. The summed E-state index contributed by atoms with van der Waals surface area (Å²) < 4.78 is 38.7. The largest absolute Gasteiger partial charge is 0.417 e. The third-order valence-electron chi connectivity index (χ3n) is 4.14.